The number of carbonyl (C=O) groups excluding carboxylic acids is 1. The third-order valence-electron chi connectivity index (χ3n) is 6.23. The summed E-state index contributed by atoms with van der Waals surface area (Å²) >= 11 is 0. The summed E-state index contributed by atoms with van der Waals surface area (Å²) in [5.41, 5.74) is 4.67. The van der Waals surface area contributed by atoms with Crippen LogP contribution in [-0.2, 0) is 17.8 Å². The fraction of sp³-hybridized carbons (Fsp3) is 0.333. The van der Waals surface area contributed by atoms with Crippen LogP contribution in [0.3, 0.4) is 0 Å². The van der Waals surface area contributed by atoms with Crippen LogP contribution in [0.25, 0.3) is 11.1 Å². The van der Waals surface area contributed by atoms with E-state index in [9.17, 15) is 4.79 Å². The molecule has 3 aromatic rings. The molecule has 4 rings (SSSR count). The Labute approximate surface area is 190 Å². The van der Waals surface area contributed by atoms with Gasteiger partial charge in [-0.25, -0.2) is 0 Å². The van der Waals surface area contributed by atoms with Crippen LogP contribution in [0.2, 0.25) is 0 Å². The van der Waals surface area contributed by atoms with Crippen LogP contribution in [0.1, 0.15) is 18.1 Å². The number of likely N-dealkylation sites (N-methyl/N-ethyl adjacent to an activating group) is 1. The molecule has 0 aliphatic carbocycles. The van der Waals surface area contributed by atoms with E-state index in [2.05, 4.69) is 59.3 Å². The summed E-state index contributed by atoms with van der Waals surface area (Å²) in [4.78, 5) is 22.1. The van der Waals surface area contributed by atoms with Gasteiger partial charge in [0, 0.05) is 50.7 Å². The van der Waals surface area contributed by atoms with Crippen molar-refractivity contribution in [2.75, 3.05) is 33.3 Å². The molecule has 1 aliphatic heterocycles. The highest BCUT2D eigenvalue weighted by Crippen LogP contribution is 2.27. The summed E-state index contributed by atoms with van der Waals surface area (Å²) in [6.45, 7) is 6.05. The van der Waals surface area contributed by atoms with E-state index in [0.29, 0.717) is 0 Å². The first-order chi connectivity index (χ1) is 15.7. The number of rotatable bonds is 7. The molecule has 32 heavy (non-hydrogen) atoms. The average Bonchev–Trinajstić information content (AvgIpc) is 2.99. The third kappa shape index (κ3) is 5.17. The molecule has 1 fully saturated rings. The van der Waals surface area contributed by atoms with Crippen LogP contribution in [0.5, 0.6) is 5.75 Å². The first kappa shape index (κ1) is 22.0. The lowest BCUT2D eigenvalue weighted by Crippen LogP contribution is -2.37. The minimum atomic E-state index is -0.0754. The Bertz CT molecular complexity index is 1020. The number of pyridine rings is 1. The van der Waals surface area contributed by atoms with E-state index in [0.717, 1.165) is 56.0 Å². The number of hydrogen-bond acceptors (Lipinski definition) is 4. The van der Waals surface area contributed by atoms with E-state index >= 15 is 0 Å². The molecule has 1 aromatic heterocycles. The van der Waals surface area contributed by atoms with Gasteiger partial charge in [-0.2, -0.15) is 0 Å². The monoisotopic (exact) mass is 429 g/mol. The van der Waals surface area contributed by atoms with E-state index < -0.39 is 0 Å². The molecule has 0 saturated carbocycles. The molecule has 0 radical (unpaired) electrons. The molecule has 0 N–H and O–H groups in total. The maximum Gasteiger partial charge on any atom is 0.227 e. The second kappa shape index (κ2) is 10.4. The predicted octanol–water partition coefficient (Wildman–Crippen LogP) is 4.28. The first-order valence-corrected chi connectivity index (χ1v) is 11.3. The van der Waals surface area contributed by atoms with Gasteiger partial charge in [0.05, 0.1) is 13.0 Å². The quantitative estimate of drug-likeness (QED) is 0.562. The second-order valence-electron chi connectivity index (χ2n) is 8.30. The van der Waals surface area contributed by atoms with Crippen LogP contribution in [0.15, 0.2) is 73.1 Å². The van der Waals surface area contributed by atoms with Gasteiger partial charge in [-0.15, -0.1) is 0 Å². The van der Waals surface area contributed by atoms with Crippen molar-refractivity contribution in [3.63, 3.8) is 0 Å². The Morgan fingerprint density at radius 2 is 1.84 bits per heavy atom. The van der Waals surface area contributed by atoms with Crippen molar-refractivity contribution < 1.29 is 9.53 Å². The van der Waals surface area contributed by atoms with Gasteiger partial charge in [0.15, 0.2) is 0 Å². The molecular weight excluding hydrogens is 398 g/mol. The minimum absolute atomic E-state index is 0.0754. The number of amides is 1. The highest BCUT2D eigenvalue weighted by molar-refractivity contribution is 5.80. The number of nitrogens with zero attached hydrogens (tertiary/aromatic N) is 3. The van der Waals surface area contributed by atoms with Gasteiger partial charge >= 0.3 is 0 Å². The van der Waals surface area contributed by atoms with Gasteiger partial charge in [-0.3, -0.25) is 14.7 Å². The van der Waals surface area contributed by atoms with E-state index in [-0.39, 0.29) is 11.8 Å². The number of aromatic nitrogens is 1. The summed E-state index contributed by atoms with van der Waals surface area (Å²) in [7, 11) is 1.68. The molecule has 5 nitrogen and oxygen atoms in total. The summed E-state index contributed by atoms with van der Waals surface area (Å²) in [6, 6.07) is 20.6. The Morgan fingerprint density at radius 3 is 2.56 bits per heavy atom. The maximum absolute atomic E-state index is 13.4. The largest absolute Gasteiger partial charge is 0.497 e. The maximum atomic E-state index is 13.4. The Morgan fingerprint density at radius 1 is 1.03 bits per heavy atom. The first-order valence-electron chi connectivity index (χ1n) is 11.3. The molecular formula is C27H31N3O2. The van der Waals surface area contributed by atoms with Crippen LogP contribution in [0, 0.1) is 5.92 Å². The van der Waals surface area contributed by atoms with E-state index in [1.807, 2.05) is 29.3 Å². The van der Waals surface area contributed by atoms with Gasteiger partial charge in [-0.05, 0) is 48.2 Å². The van der Waals surface area contributed by atoms with Crippen molar-refractivity contribution in [3.05, 3.63) is 84.2 Å². The highest BCUT2D eigenvalue weighted by atomic mass is 16.5. The summed E-state index contributed by atoms with van der Waals surface area (Å²) in [6.07, 6.45) is 4.40. The molecule has 0 bridgehead atoms. The van der Waals surface area contributed by atoms with Crippen molar-refractivity contribution in [2.45, 2.75) is 19.9 Å². The topological polar surface area (TPSA) is 45.7 Å². The van der Waals surface area contributed by atoms with E-state index in [1.165, 1.54) is 11.1 Å². The lowest BCUT2D eigenvalue weighted by molar-refractivity contribution is -0.134. The lowest BCUT2D eigenvalue weighted by atomic mass is 9.91. The Hall–Kier alpha value is -3.18. The molecule has 166 valence electrons. The van der Waals surface area contributed by atoms with Crippen LogP contribution in [-0.4, -0.2) is 54.0 Å². The van der Waals surface area contributed by atoms with Crippen molar-refractivity contribution in [2.24, 2.45) is 5.92 Å². The van der Waals surface area contributed by atoms with E-state index in [4.69, 9.17) is 4.74 Å². The smallest absolute Gasteiger partial charge is 0.227 e. The summed E-state index contributed by atoms with van der Waals surface area (Å²) in [5.74, 6) is 1.04. The molecule has 1 amide bonds. The summed E-state index contributed by atoms with van der Waals surface area (Å²) in [5, 5.41) is 0. The van der Waals surface area contributed by atoms with Gasteiger partial charge in [-0.1, -0.05) is 42.5 Å². The van der Waals surface area contributed by atoms with Gasteiger partial charge < -0.3 is 9.64 Å². The molecule has 5 heteroatoms. The fourth-order valence-electron chi connectivity index (χ4n) is 4.48. The minimum Gasteiger partial charge on any atom is -0.497 e. The van der Waals surface area contributed by atoms with Crippen molar-refractivity contribution in [3.8, 4) is 16.9 Å². The Balaban J connectivity index is 1.56. The molecule has 1 saturated heterocycles. The standard InChI is InChI=1S/C27H31N3O2/c1-3-30-16-15-29(19-21-10-12-25(32-2)13-11-21)20-24(27(30)31)17-22-7-4-5-9-26(22)23-8-6-14-28-18-23/h4-14,18,24H,3,15-17,19-20H2,1-2H3/t24-/m1/s1. The average molecular weight is 430 g/mol. The molecule has 0 unspecified atom stereocenters. The zero-order chi connectivity index (χ0) is 22.3. The van der Waals surface area contributed by atoms with E-state index in [1.54, 1.807) is 13.3 Å². The third-order valence-corrected chi connectivity index (χ3v) is 6.23. The van der Waals surface area contributed by atoms with Crippen molar-refractivity contribution >= 4 is 5.91 Å². The van der Waals surface area contributed by atoms with Crippen LogP contribution < -0.4 is 4.74 Å². The number of carbonyl (C=O) groups is 1. The van der Waals surface area contributed by atoms with Crippen molar-refractivity contribution in [1.82, 2.24) is 14.8 Å². The van der Waals surface area contributed by atoms with Gasteiger partial charge in [0.25, 0.3) is 0 Å². The second-order valence-corrected chi connectivity index (χ2v) is 8.30. The number of methoxy groups -OCH3 is 1. The molecule has 2 aromatic carbocycles. The SMILES string of the molecule is CCN1CCN(Cc2ccc(OC)cc2)C[C@@H](Cc2ccccc2-c2cccnc2)C1=O. The lowest BCUT2D eigenvalue weighted by Gasteiger charge is -2.24. The normalized spacial score (nSPS) is 17.2. The fourth-order valence-corrected chi connectivity index (χ4v) is 4.48. The Kier molecular flexibility index (Phi) is 7.17. The molecule has 1 aliphatic rings. The molecule has 1 atom stereocenters. The number of benzene rings is 2. The van der Waals surface area contributed by atoms with Gasteiger partial charge in [0.1, 0.15) is 5.75 Å². The van der Waals surface area contributed by atoms with Crippen LogP contribution >= 0.6 is 0 Å². The molecule has 0 spiro atoms. The summed E-state index contributed by atoms with van der Waals surface area (Å²) < 4.78 is 5.28. The number of ether oxygens (including phenoxy) is 1. The van der Waals surface area contributed by atoms with Gasteiger partial charge in [0.2, 0.25) is 5.91 Å². The predicted molar refractivity (Wildman–Crippen MR) is 127 cm³/mol. The van der Waals surface area contributed by atoms with Crippen LogP contribution in [0.4, 0.5) is 0 Å². The zero-order valence-corrected chi connectivity index (χ0v) is 18.9. The highest BCUT2D eigenvalue weighted by Gasteiger charge is 2.30. The van der Waals surface area contributed by atoms with Crippen molar-refractivity contribution in [1.29, 1.82) is 0 Å². The molecule has 2 heterocycles. The zero-order valence-electron chi connectivity index (χ0n) is 18.9. The number of hydrogen-bond donors (Lipinski definition) is 0.